The predicted molar refractivity (Wildman–Crippen MR) is 146 cm³/mol. The monoisotopic (exact) mass is 640 g/mol. The first-order valence-electron chi connectivity index (χ1n) is 11.7. The van der Waals surface area contributed by atoms with Crippen molar-refractivity contribution in [2.45, 2.75) is 43.4 Å². The Morgan fingerprint density at radius 3 is 2.47 bits per heavy atom. The Bertz CT molecular complexity index is 1530. The summed E-state index contributed by atoms with van der Waals surface area (Å²) >= 11 is 15.9. The van der Waals surface area contributed by atoms with Gasteiger partial charge >= 0.3 is 5.97 Å². The van der Waals surface area contributed by atoms with Crippen molar-refractivity contribution in [3.8, 4) is 0 Å². The van der Waals surface area contributed by atoms with Crippen LogP contribution in [0.4, 0.5) is 11.6 Å². The Labute approximate surface area is 238 Å². The highest BCUT2D eigenvalue weighted by Crippen LogP contribution is 2.45. The van der Waals surface area contributed by atoms with Crippen LogP contribution < -0.4 is 4.90 Å². The van der Waals surface area contributed by atoms with Gasteiger partial charge in [-0.1, -0.05) is 51.3 Å². The highest BCUT2D eigenvalue weighted by atomic mass is 79.9. The number of fused-ring (bicyclic) bond motifs is 1. The van der Waals surface area contributed by atoms with E-state index in [9.17, 15) is 18.0 Å². The fourth-order valence-electron chi connectivity index (χ4n) is 4.99. The van der Waals surface area contributed by atoms with Gasteiger partial charge in [0.1, 0.15) is 11.6 Å². The van der Waals surface area contributed by atoms with Gasteiger partial charge in [-0.2, -0.15) is 4.31 Å². The number of hydrogen-bond acceptors (Lipinski definition) is 6. The summed E-state index contributed by atoms with van der Waals surface area (Å²) in [5.41, 5.74) is -0.140. The minimum absolute atomic E-state index is 0.0212. The lowest BCUT2D eigenvalue weighted by molar-refractivity contribution is -0.145. The number of carbonyl (C=O) groups excluding carboxylic acids is 2. The normalized spacial score (nSPS) is 21.7. The van der Waals surface area contributed by atoms with Crippen LogP contribution in [0.3, 0.4) is 0 Å². The Kier molecular flexibility index (Phi) is 7.10. The lowest BCUT2D eigenvalue weighted by Gasteiger charge is -2.27. The van der Waals surface area contributed by atoms with Crippen LogP contribution in [-0.2, 0) is 36.3 Å². The number of sulfonamides is 1. The number of ether oxygens (including phenoxy) is 1. The summed E-state index contributed by atoms with van der Waals surface area (Å²) in [5, 5.41) is 0.516. The Morgan fingerprint density at radius 2 is 1.84 bits per heavy atom. The number of benzene rings is 2. The maximum absolute atomic E-state index is 14.1. The second-order valence-electron chi connectivity index (χ2n) is 9.46. The van der Waals surface area contributed by atoms with E-state index in [0.717, 1.165) is 10.0 Å². The van der Waals surface area contributed by atoms with Crippen LogP contribution in [-0.4, -0.2) is 53.3 Å². The lowest BCUT2D eigenvalue weighted by Crippen LogP contribution is -2.43. The maximum atomic E-state index is 14.1. The number of carbonyl (C=O) groups is 2. The van der Waals surface area contributed by atoms with Gasteiger partial charge in [-0.3, -0.25) is 14.2 Å². The Balaban J connectivity index is 1.63. The van der Waals surface area contributed by atoms with Crippen molar-refractivity contribution in [3.05, 3.63) is 68.7 Å². The molecule has 1 amide bonds. The van der Waals surface area contributed by atoms with E-state index in [1.165, 1.54) is 26.9 Å². The molecule has 2 unspecified atom stereocenters. The van der Waals surface area contributed by atoms with Gasteiger partial charge in [-0.15, -0.1) is 0 Å². The van der Waals surface area contributed by atoms with Gasteiger partial charge in [-0.25, -0.2) is 18.3 Å². The molecular formula is C25H23BrCl2N4O5S. The SMILES string of the molecule is CC(=O)OC1CCN(S(=O)(=O)c2cnc3n2C(C)(Cc2ccc(Br)cc2)C(=O)N3c2cc(Cl)cc(Cl)c2)C1. The molecule has 5 rings (SSSR count). The molecule has 2 aliphatic heterocycles. The van der Waals surface area contributed by atoms with Crippen molar-refractivity contribution in [3.63, 3.8) is 0 Å². The number of imidazole rings is 1. The number of esters is 1. The molecule has 0 N–H and O–H groups in total. The molecule has 9 nitrogen and oxygen atoms in total. The van der Waals surface area contributed by atoms with Crippen LogP contribution in [0.25, 0.3) is 0 Å². The van der Waals surface area contributed by atoms with Crippen molar-refractivity contribution in [2.75, 3.05) is 18.0 Å². The van der Waals surface area contributed by atoms with Crippen LogP contribution in [0.2, 0.25) is 10.0 Å². The van der Waals surface area contributed by atoms with E-state index in [4.69, 9.17) is 27.9 Å². The van der Waals surface area contributed by atoms with Crippen molar-refractivity contribution in [2.24, 2.45) is 0 Å². The summed E-state index contributed by atoms with van der Waals surface area (Å²) in [6.07, 6.45) is 1.30. The molecule has 2 aromatic carbocycles. The zero-order valence-electron chi connectivity index (χ0n) is 20.4. The summed E-state index contributed by atoms with van der Waals surface area (Å²) in [5.74, 6) is -0.706. The average Bonchev–Trinajstić information content (AvgIpc) is 3.52. The summed E-state index contributed by atoms with van der Waals surface area (Å²) in [6.45, 7) is 3.18. The first-order chi connectivity index (χ1) is 17.9. The molecule has 2 atom stereocenters. The molecule has 1 aromatic heterocycles. The van der Waals surface area contributed by atoms with E-state index in [2.05, 4.69) is 20.9 Å². The number of rotatable bonds is 6. The van der Waals surface area contributed by atoms with Gasteiger partial charge < -0.3 is 4.74 Å². The molecule has 0 bridgehead atoms. The topological polar surface area (TPSA) is 102 Å². The van der Waals surface area contributed by atoms with E-state index in [1.54, 1.807) is 25.1 Å². The second kappa shape index (κ2) is 9.95. The molecule has 38 heavy (non-hydrogen) atoms. The first kappa shape index (κ1) is 27.1. The van der Waals surface area contributed by atoms with E-state index in [0.29, 0.717) is 22.2 Å². The molecule has 200 valence electrons. The third-order valence-corrected chi connectivity index (χ3v) is 9.47. The van der Waals surface area contributed by atoms with Gasteiger partial charge in [0.25, 0.3) is 15.9 Å². The maximum Gasteiger partial charge on any atom is 0.302 e. The molecule has 0 spiro atoms. The van der Waals surface area contributed by atoms with Crippen molar-refractivity contribution in [1.82, 2.24) is 13.9 Å². The minimum atomic E-state index is -4.10. The van der Waals surface area contributed by atoms with Crippen LogP contribution >= 0.6 is 39.1 Å². The zero-order chi connectivity index (χ0) is 27.4. The van der Waals surface area contributed by atoms with Crippen molar-refractivity contribution < 1.29 is 22.7 Å². The predicted octanol–water partition coefficient (Wildman–Crippen LogP) is 4.91. The summed E-state index contributed by atoms with van der Waals surface area (Å²) in [7, 11) is -4.10. The molecule has 0 radical (unpaired) electrons. The quantitative estimate of drug-likeness (QED) is 0.354. The molecule has 3 aromatic rings. The Hall–Kier alpha value is -2.44. The smallest absolute Gasteiger partial charge is 0.302 e. The van der Waals surface area contributed by atoms with E-state index < -0.39 is 27.6 Å². The van der Waals surface area contributed by atoms with Gasteiger partial charge in [0.2, 0.25) is 5.95 Å². The van der Waals surface area contributed by atoms with E-state index in [1.807, 2.05) is 24.3 Å². The van der Waals surface area contributed by atoms with Crippen LogP contribution in [0.15, 0.2) is 58.2 Å². The van der Waals surface area contributed by atoms with Crippen molar-refractivity contribution in [1.29, 1.82) is 0 Å². The van der Waals surface area contributed by atoms with E-state index in [-0.39, 0.29) is 36.4 Å². The number of aromatic nitrogens is 2. The fraction of sp³-hybridized carbons (Fsp3) is 0.320. The lowest BCUT2D eigenvalue weighted by atomic mass is 9.92. The molecular weight excluding hydrogens is 619 g/mol. The van der Waals surface area contributed by atoms with Gasteiger partial charge in [0, 0.05) is 34.4 Å². The highest BCUT2D eigenvalue weighted by Gasteiger charge is 2.52. The Morgan fingerprint density at radius 1 is 1.18 bits per heavy atom. The number of hydrogen-bond donors (Lipinski definition) is 0. The highest BCUT2D eigenvalue weighted by molar-refractivity contribution is 9.10. The zero-order valence-corrected chi connectivity index (χ0v) is 24.3. The molecule has 0 aliphatic carbocycles. The molecule has 3 heterocycles. The van der Waals surface area contributed by atoms with Gasteiger partial charge in [0.15, 0.2) is 5.03 Å². The van der Waals surface area contributed by atoms with Crippen LogP contribution in [0.5, 0.6) is 0 Å². The second-order valence-corrected chi connectivity index (χ2v) is 13.1. The van der Waals surface area contributed by atoms with Gasteiger partial charge in [-0.05, 0) is 49.2 Å². The molecule has 2 aliphatic rings. The molecule has 13 heteroatoms. The summed E-state index contributed by atoms with van der Waals surface area (Å²) < 4.78 is 36.6. The van der Waals surface area contributed by atoms with Gasteiger partial charge in [0.05, 0.1) is 18.4 Å². The number of anilines is 2. The third kappa shape index (κ3) is 4.75. The largest absolute Gasteiger partial charge is 0.461 e. The minimum Gasteiger partial charge on any atom is -0.461 e. The van der Waals surface area contributed by atoms with Crippen molar-refractivity contribution >= 4 is 72.7 Å². The average molecular weight is 642 g/mol. The molecule has 1 saturated heterocycles. The molecule has 0 saturated carbocycles. The summed E-state index contributed by atoms with van der Waals surface area (Å²) in [4.78, 5) is 31.3. The number of nitrogens with zero attached hydrogens (tertiary/aromatic N) is 4. The first-order valence-corrected chi connectivity index (χ1v) is 14.7. The fourth-order valence-corrected chi connectivity index (χ4v) is 7.44. The molecule has 1 fully saturated rings. The number of halogens is 3. The number of amides is 1. The van der Waals surface area contributed by atoms with Crippen LogP contribution in [0, 0.1) is 0 Å². The third-order valence-electron chi connectivity index (χ3n) is 6.68. The van der Waals surface area contributed by atoms with E-state index >= 15 is 0 Å². The summed E-state index contributed by atoms with van der Waals surface area (Å²) in [6, 6.07) is 12.2. The van der Waals surface area contributed by atoms with Crippen LogP contribution in [0.1, 0.15) is 25.8 Å². The standard InChI is InChI=1S/C25H23BrCl2N4O5S/c1-15(33)37-21-7-8-30(14-21)38(35,36)22-13-29-24-31(20-10-18(27)9-19(28)11-20)23(34)25(2,32(22)24)12-16-3-5-17(26)6-4-16/h3-6,9-11,13,21H,7-8,12,14H2,1-2H3.